The Labute approximate surface area is 93.6 Å². The number of benzene rings is 1. The fraction of sp³-hybridized carbons (Fsp3) is 0.364. The number of hydrogen-bond acceptors (Lipinski definition) is 2. The summed E-state index contributed by atoms with van der Waals surface area (Å²) in [6, 6.07) is 7.04. The highest BCUT2D eigenvalue weighted by atomic mass is 35.5. The molecule has 1 aliphatic rings. The van der Waals surface area contributed by atoms with Crippen LogP contribution in [-0.2, 0) is 4.79 Å². The van der Waals surface area contributed by atoms with Gasteiger partial charge in [-0.15, -0.1) is 0 Å². The van der Waals surface area contributed by atoms with Gasteiger partial charge in [-0.1, -0.05) is 11.6 Å². The van der Waals surface area contributed by atoms with Crippen LogP contribution in [0.1, 0.15) is 6.42 Å². The van der Waals surface area contributed by atoms with Crippen LogP contribution in [0, 0.1) is 0 Å². The van der Waals surface area contributed by atoms with Gasteiger partial charge in [-0.05, 0) is 24.3 Å². The normalized spacial score (nSPS) is 20.8. The van der Waals surface area contributed by atoms with Crippen molar-refractivity contribution in [1.82, 2.24) is 4.90 Å². The lowest BCUT2D eigenvalue weighted by Crippen LogP contribution is -2.29. The van der Waals surface area contributed by atoms with Crippen molar-refractivity contribution in [1.29, 1.82) is 0 Å². The number of carbonyl (C=O) groups excluding carboxylic acids is 1. The van der Waals surface area contributed by atoms with Gasteiger partial charge < -0.3 is 9.64 Å². The molecule has 0 aromatic heterocycles. The minimum Gasteiger partial charge on any atom is -0.481 e. The number of rotatable bonds is 2. The SMILES string of the molecule is CN1CCC(Oc2ccc(Cl)cc2)C1=O. The van der Waals surface area contributed by atoms with Gasteiger partial charge in [0.15, 0.2) is 6.10 Å². The van der Waals surface area contributed by atoms with Gasteiger partial charge in [0.05, 0.1) is 0 Å². The van der Waals surface area contributed by atoms with Crippen LogP contribution in [-0.4, -0.2) is 30.5 Å². The molecule has 0 N–H and O–H groups in total. The maximum atomic E-state index is 11.6. The standard InChI is InChI=1S/C11H12ClNO2/c1-13-7-6-10(11(13)14)15-9-4-2-8(12)3-5-9/h2-5,10H,6-7H2,1H3. The molecule has 0 saturated carbocycles. The molecule has 1 unspecified atom stereocenters. The van der Waals surface area contributed by atoms with Crippen LogP contribution >= 0.6 is 11.6 Å². The average molecular weight is 226 g/mol. The van der Waals surface area contributed by atoms with Crippen molar-refractivity contribution in [3.8, 4) is 5.75 Å². The summed E-state index contributed by atoms with van der Waals surface area (Å²) in [6.45, 7) is 0.761. The predicted molar refractivity (Wildman–Crippen MR) is 58.1 cm³/mol. The molecule has 4 heteroatoms. The zero-order valence-electron chi connectivity index (χ0n) is 8.44. The number of halogens is 1. The van der Waals surface area contributed by atoms with Gasteiger partial charge in [0.25, 0.3) is 5.91 Å². The van der Waals surface area contributed by atoms with Crippen LogP contribution in [0.25, 0.3) is 0 Å². The molecule has 15 heavy (non-hydrogen) atoms. The van der Waals surface area contributed by atoms with Crippen LogP contribution in [0.15, 0.2) is 24.3 Å². The highest BCUT2D eigenvalue weighted by Gasteiger charge is 2.30. The lowest BCUT2D eigenvalue weighted by Gasteiger charge is -2.12. The van der Waals surface area contributed by atoms with E-state index in [4.69, 9.17) is 16.3 Å². The van der Waals surface area contributed by atoms with E-state index in [2.05, 4.69) is 0 Å². The summed E-state index contributed by atoms with van der Waals surface area (Å²) in [5.41, 5.74) is 0. The van der Waals surface area contributed by atoms with Crippen LogP contribution in [0.4, 0.5) is 0 Å². The highest BCUT2D eigenvalue weighted by Crippen LogP contribution is 2.20. The Morgan fingerprint density at radius 3 is 2.60 bits per heavy atom. The Kier molecular flexibility index (Phi) is 2.82. The molecule has 1 aromatic carbocycles. The van der Waals surface area contributed by atoms with Crippen LogP contribution in [0.5, 0.6) is 5.75 Å². The number of hydrogen-bond donors (Lipinski definition) is 0. The molecule has 0 radical (unpaired) electrons. The largest absolute Gasteiger partial charge is 0.481 e. The van der Waals surface area contributed by atoms with Crippen LogP contribution in [0.3, 0.4) is 0 Å². The molecule has 2 rings (SSSR count). The minimum atomic E-state index is -0.337. The van der Waals surface area contributed by atoms with Crippen molar-refractivity contribution in [2.45, 2.75) is 12.5 Å². The second kappa shape index (κ2) is 4.11. The molecule has 1 amide bonds. The fourth-order valence-corrected chi connectivity index (χ4v) is 1.70. The van der Waals surface area contributed by atoms with Crippen molar-refractivity contribution in [2.75, 3.05) is 13.6 Å². The molecule has 3 nitrogen and oxygen atoms in total. The van der Waals surface area contributed by atoms with Crippen molar-refractivity contribution in [3.05, 3.63) is 29.3 Å². The fourth-order valence-electron chi connectivity index (χ4n) is 1.58. The van der Waals surface area contributed by atoms with Gasteiger partial charge in [-0.25, -0.2) is 0 Å². The van der Waals surface area contributed by atoms with E-state index in [0.29, 0.717) is 10.8 Å². The van der Waals surface area contributed by atoms with E-state index in [9.17, 15) is 4.79 Å². The number of ether oxygens (including phenoxy) is 1. The second-order valence-electron chi connectivity index (χ2n) is 3.61. The van der Waals surface area contributed by atoms with E-state index < -0.39 is 0 Å². The summed E-state index contributed by atoms with van der Waals surface area (Å²) in [6.07, 6.45) is 0.411. The Morgan fingerprint density at radius 1 is 1.40 bits per heavy atom. The molecular weight excluding hydrogens is 214 g/mol. The smallest absolute Gasteiger partial charge is 0.263 e. The average Bonchev–Trinajstić information content (AvgIpc) is 2.53. The van der Waals surface area contributed by atoms with Gasteiger partial charge >= 0.3 is 0 Å². The molecule has 1 saturated heterocycles. The number of likely N-dealkylation sites (N-methyl/N-ethyl adjacent to an activating group) is 1. The molecule has 1 heterocycles. The Balaban J connectivity index is 2.03. The lowest BCUT2D eigenvalue weighted by molar-refractivity contribution is -0.132. The summed E-state index contributed by atoms with van der Waals surface area (Å²) < 4.78 is 5.56. The molecule has 1 aromatic rings. The first-order valence-corrected chi connectivity index (χ1v) is 5.22. The first-order valence-electron chi connectivity index (χ1n) is 4.84. The molecule has 1 fully saturated rings. The summed E-state index contributed by atoms with van der Waals surface area (Å²) >= 11 is 5.75. The van der Waals surface area contributed by atoms with Gasteiger partial charge in [0, 0.05) is 25.0 Å². The molecule has 0 spiro atoms. The Morgan fingerprint density at radius 2 is 2.07 bits per heavy atom. The predicted octanol–water partition coefficient (Wildman–Crippen LogP) is 1.95. The van der Waals surface area contributed by atoms with Crippen molar-refractivity contribution < 1.29 is 9.53 Å². The van der Waals surface area contributed by atoms with E-state index >= 15 is 0 Å². The van der Waals surface area contributed by atoms with Crippen LogP contribution in [0.2, 0.25) is 5.02 Å². The first-order chi connectivity index (χ1) is 7.16. The summed E-state index contributed by atoms with van der Waals surface area (Å²) in [5, 5.41) is 0.664. The number of nitrogens with zero attached hydrogens (tertiary/aromatic N) is 1. The third-order valence-electron chi connectivity index (χ3n) is 2.47. The minimum absolute atomic E-state index is 0.0463. The summed E-state index contributed by atoms with van der Waals surface area (Å²) in [4.78, 5) is 13.2. The van der Waals surface area contributed by atoms with E-state index in [0.717, 1.165) is 13.0 Å². The van der Waals surface area contributed by atoms with Crippen molar-refractivity contribution in [2.24, 2.45) is 0 Å². The maximum Gasteiger partial charge on any atom is 0.263 e. The van der Waals surface area contributed by atoms with E-state index in [1.54, 1.807) is 36.2 Å². The van der Waals surface area contributed by atoms with E-state index in [1.807, 2.05) is 0 Å². The van der Waals surface area contributed by atoms with Gasteiger partial charge in [0.2, 0.25) is 0 Å². The maximum absolute atomic E-state index is 11.6. The highest BCUT2D eigenvalue weighted by molar-refractivity contribution is 6.30. The molecule has 1 atom stereocenters. The second-order valence-corrected chi connectivity index (χ2v) is 4.05. The molecule has 0 bridgehead atoms. The molecular formula is C11H12ClNO2. The monoisotopic (exact) mass is 225 g/mol. The summed E-state index contributed by atoms with van der Waals surface area (Å²) in [5.74, 6) is 0.734. The lowest BCUT2D eigenvalue weighted by atomic mass is 10.3. The van der Waals surface area contributed by atoms with Gasteiger partial charge in [-0.2, -0.15) is 0 Å². The van der Waals surface area contributed by atoms with Crippen molar-refractivity contribution in [3.63, 3.8) is 0 Å². The van der Waals surface area contributed by atoms with Crippen LogP contribution < -0.4 is 4.74 Å². The van der Waals surface area contributed by atoms with Crippen molar-refractivity contribution >= 4 is 17.5 Å². The number of likely N-dealkylation sites (tertiary alicyclic amines) is 1. The third-order valence-corrected chi connectivity index (χ3v) is 2.72. The Bertz CT molecular complexity index is 363. The third kappa shape index (κ3) is 2.23. The number of amides is 1. The van der Waals surface area contributed by atoms with Gasteiger partial charge in [-0.3, -0.25) is 4.79 Å². The number of carbonyl (C=O) groups is 1. The zero-order valence-corrected chi connectivity index (χ0v) is 9.20. The molecule has 1 aliphatic heterocycles. The van der Waals surface area contributed by atoms with E-state index in [1.165, 1.54) is 0 Å². The quantitative estimate of drug-likeness (QED) is 0.770. The Hall–Kier alpha value is -1.22. The zero-order chi connectivity index (χ0) is 10.8. The van der Waals surface area contributed by atoms with E-state index in [-0.39, 0.29) is 12.0 Å². The topological polar surface area (TPSA) is 29.5 Å². The summed E-state index contributed by atoms with van der Waals surface area (Å²) in [7, 11) is 1.79. The first kappa shape index (κ1) is 10.3. The van der Waals surface area contributed by atoms with Gasteiger partial charge in [0.1, 0.15) is 5.75 Å². The molecule has 80 valence electrons. The molecule has 0 aliphatic carbocycles.